The molecule has 3 heterocycles. The molecule has 3 aliphatic rings. The summed E-state index contributed by atoms with van der Waals surface area (Å²) in [4.78, 5) is 10.8. The van der Waals surface area contributed by atoms with Crippen LogP contribution in [0.15, 0.2) is 59.3 Å². The number of hydrogen-bond donors (Lipinski definition) is 1. The SMILES string of the molecule is C/C(=C\c1ccccc1)CN1CCN(CC2ON=C3c4ccc(O)cc4OCC32)CC1. The molecule has 31 heavy (non-hydrogen) atoms. The molecule has 0 bridgehead atoms. The Morgan fingerprint density at radius 3 is 2.68 bits per heavy atom. The van der Waals surface area contributed by atoms with E-state index in [1.807, 2.05) is 6.07 Å². The van der Waals surface area contributed by atoms with Crippen LogP contribution in [0.5, 0.6) is 11.5 Å². The first-order chi connectivity index (χ1) is 15.2. The maximum Gasteiger partial charge on any atom is 0.151 e. The summed E-state index contributed by atoms with van der Waals surface area (Å²) in [5.74, 6) is 1.04. The van der Waals surface area contributed by atoms with E-state index in [2.05, 4.69) is 58.3 Å². The summed E-state index contributed by atoms with van der Waals surface area (Å²) in [6.07, 6.45) is 2.29. The van der Waals surface area contributed by atoms with E-state index in [1.54, 1.807) is 12.1 Å². The van der Waals surface area contributed by atoms with Gasteiger partial charge in [0.25, 0.3) is 0 Å². The summed E-state index contributed by atoms with van der Waals surface area (Å²) >= 11 is 0. The highest BCUT2D eigenvalue weighted by molar-refractivity contribution is 6.06. The summed E-state index contributed by atoms with van der Waals surface area (Å²) in [5, 5.41) is 14.1. The van der Waals surface area contributed by atoms with Crippen molar-refractivity contribution in [2.75, 3.05) is 45.9 Å². The zero-order valence-corrected chi connectivity index (χ0v) is 17.9. The number of hydrogen-bond acceptors (Lipinski definition) is 6. The van der Waals surface area contributed by atoms with Crippen LogP contribution in [-0.4, -0.2) is 72.6 Å². The number of benzene rings is 2. The van der Waals surface area contributed by atoms with Crippen molar-refractivity contribution in [2.45, 2.75) is 13.0 Å². The average Bonchev–Trinajstić information content (AvgIpc) is 3.18. The zero-order chi connectivity index (χ0) is 21.2. The van der Waals surface area contributed by atoms with E-state index in [0.717, 1.165) is 50.5 Å². The molecule has 162 valence electrons. The van der Waals surface area contributed by atoms with E-state index in [-0.39, 0.29) is 17.8 Å². The highest BCUT2D eigenvalue weighted by atomic mass is 16.6. The van der Waals surface area contributed by atoms with Gasteiger partial charge in [-0.25, -0.2) is 0 Å². The molecule has 0 radical (unpaired) electrons. The number of nitrogens with zero attached hydrogens (tertiary/aromatic N) is 3. The van der Waals surface area contributed by atoms with Crippen LogP contribution in [0.1, 0.15) is 18.1 Å². The van der Waals surface area contributed by atoms with Gasteiger partial charge in [0, 0.05) is 50.9 Å². The van der Waals surface area contributed by atoms with E-state index in [9.17, 15) is 5.11 Å². The number of rotatable bonds is 5. The molecule has 0 spiro atoms. The van der Waals surface area contributed by atoms with Gasteiger partial charge in [-0.1, -0.05) is 47.1 Å². The third-order valence-corrected chi connectivity index (χ3v) is 6.33. The van der Waals surface area contributed by atoms with Gasteiger partial charge in [0.05, 0.1) is 5.92 Å². The van der Waals surface area contributed by atoms with Crippen molar-refractivity contribution in [3.8, 4) is 11.5 Å². The third-order valence-electron chi connectivity index (χ3n) is 6.33. The summed E-state index contributed by atoms with van der Waals surface area (Å²) in [7, 11) is 0. The minimum atomic E-state index is 0.0169. The van der Waals surface area contributed by atoms with Gasteiger partial charge in [-0.05, 0) is 24.6 Å². The first-order valence-electron chi connectivity index (χ1n) is 11.0. The molecule has 2 aromatic rings. The van der Waals surface area contributed by atoms with Gasteiger partial charge in [0.1, 0.15) is 23.8 Å². The first-order valence-corrected chi connectivity index (χ1v) is 11.0. The van der Waals surface area contributed by atoms with E-state index in [4.69, 9.17) is 9.57 Å². The summed E-state index contributed by atoms with van der Waals surface area (Å²) < 4.78 is 5.89. The molecule has 6 nitrogen and oxygen atoms in total. The van der Waals surface area contributed by atoms with Gasteiger partial charge in [0.15, 0.2) is 6.10 Å². The Bertz CT molecular complexity index is 981. The Morgan fingerprint density at radius 2 is 1.87 bits per heavy atom. The lowest BCUT2D eigenvalue weighted by molar-refractivity contribution is 0.0101. The molecule has 3 aliphatic heterocycles. The second-order valence-electron chi connectivity index (χ2n) is 8.70. The van der Waals surface area contributed by atoms with Gasteiger partial charge in [0.2, 0.25) is 0 Å². The zero-order valence-electron chi connectivity index (χ0n) is 17.9. The number of piperazine rings is 1. The van der Waals surface area contributed by atoms with Gasteiger partial charge < -0.3 is 14.7 Å². The second kappa shape index (κ2) is 8.73. The molecule has 1 saturated heterocycles. The Morgan fingerprint density at radius 1 is 1.10 bits per heavy atom. The number of ether oxygens (including phenoxy) is 1. The van der Waals surface area contributed by atoms with Crippen LogP contribution in [0, 0.1) is 5.92 Å². The first kappa shape index (κ1) is 20.1. The highest BCUT2D eigenvalue weighted by Crippen LogP contribution is 2.36. The van der Waals surface area contributed by atoms with Crippen LogP contribution in [0.2, 0.25) is 0 Å². The number of phenolic OH excluding ortho intramolecular Hbond substituents is 1. The quantitative estimate of drug-likeness (QED) is 0.807. The maximum absolute atomic E-state index is 9.68. The van der Waals surface area contributed by atoms with Crippen molar-refractivity contribution < 1.29 is 14.7 Å². The second-order valence-corrected chi connectivity index (χ2v) is 8.70. The maximum atomic E-state index is 9.68. The minimum Gasteiger partial charge on any atom is -0.508 e. The van der Waals surface area contributed by atoms with Crippen LogP contribution in [-0.2, 0) is 4.84 Å². The van der Waals surface area contributed by atoms with Crippen LogP contribution >= 0.6 is 0 Å². The van der Waals surface area contributed by atoms with Crippen molar-refractivity contribution in [3.63, 3.8) is 0 Å². The van der Waals surface area contributed by atoms with Gasteiger partial charge in [-0.2, -0.15) is 0 Å². The monoisotopic (exact) mass is 419 g/mol. The van der Waals surface area contributed by atoms with Crippen molar-refractivity contribution in [1.29, 1.82) is 0 Å². The van der Waals surface area contributed by atoms with Crippen LogP contribution in [0.3, 0.4) is 0 Å². The number of fused-ring (bicyclic) bond motifs is 3. The Labute approximate surface area is 183 Å². The largest absolute Gasteiger partial charge is 0.508 e. The van der Waals surface area contributed by atoms with Crippen LogP contribution in [0.25, 0.3) is 6.08 Å². The molecule has 1 N–H and O–H groups in total. The Kier molecular flexibility index (Phi) is 5.66. The van der Waals surface area contributed by atoms with Gasteiger partial charge in [-0.15, -0.1) is 0 Å². The molecule has 2 aromatic carbocycles. The molecule has 5 rings (SSSR count). The van der Waals surface area contributed by atoms with Crippen LogP contribution in [0.4, 0.5) is 0 Å². The molecule has 2 unspecified atom stereocenters. The molecule has 0 aromatic heterocycles. The predicted octanol–water partition coefficient (Wildman–Crippen LogP) is 3.22. The average molecular weight is 420 g/mol. The topological polar surface area (TPSA) is 57.5 Å². The van der Waals surface area contributed by atoms with Crippen LogP contribution < -0.4 is 4.74 Å². The smallest absolute Gasteiger partial charge is 0.151 e. The number of aromatic hydroxyl groups is 1. The lowest BCUT2D eigenvalue weighted by Gasteiger charge is -2.36. The Hall–Kier alpha value is -2.83. The van der Waals surface area contributed by atoms with Gasteiger partial charge >= 0.3 is 0 Å². The van der Waals surface area contributed by atoms with E-state index in [0.29, 0.717) is 12.4 Å². The van der Waals surface area contributed by atoms with Crippen molar-refractivity contribution in [2.24, 2.45) is 11.1 Å². The molecular weight excluding hydrogens is 390 g/mol. The third kappa shape index (κ3) is 4.45. The Balaban J connectivity index is 1.13. The summed E-state index contributed by atoms with van der Waals surface area (Å²) in [6, 6.07) is 15.7. The number of oxime groups is 1. The molecule has 0 saturated carbocycles. The van der Waals surface area contributed by atoms with Crippen molar-refractivity contribution in [3.05, 3.63) is 65.2 Å². The van der Waals surface area contributed by atoms with Crippen molar-refractivity contribution >= 4 is 11.8 Å². The molecule has 6 heteroatoms. The fraction of sp³-hybridized carbons (Fsp3) is 0.400. The summed E-state index contributed by atoms with van der Waals surface area (Å²) in [5.41, 5.74) is 4.54. The lowest BCUT2D eigenvalue weighted by Crippen LogP contribution is -2.50. The molecule has 1 fully saturated rings. The fourth-order valence-electron chi connectivity index (χ4n) is 4.68. The van der Waals surface area contributed by atoms with Crippen molar-refractivity contribution in [1.82, 2.24) is 9.80 Å². The van der Waals surface area contributed by atoms with E-state index in [1.165, 1.54) is 11.1 Å². The predicted molar refractivity (Wildman–Crippen MR) is 121 cm³/mol. The standard InChI is InChI=1S/C25H29N3O3/c1-18(13-19-5-3-2-4-6-19)15-27-9-11-28(12-10-27)16-24-22-17-30-23-14-20(29)7-8-21(23)25(22)26-31-24/h2-8,13-14,22,24,29H,9-12,15-17H2,1H3/b18-13+. The highest BCUT2D eigenvalue weighted by Gasteiger charge is 2.40. The molecule has 0 aliphatic carbocycles. The van der Waals surface area contributed by atoms with Gasteiger partial charge in [-0.3, -0.25) is 9.80 Å². The lowest BCUT2D eigenvalue weighted by atomic mass is 9.90. The molecule has 0 amide bonds. The van der Waals surface area contributed by atoms with E-state index < -0.39 is 0 Å². The van der Waals surface area contributed by atoms with E-state index >= 15 is 0 Å². The molecular formula is C25H29N3O3. The summed E-state index contributed by atoms with van der Waals surface area (Å²) in [6.45, 7) is 8.82. The fourth-order valence-corrected chi connectivity index (χ4v) is 4.68. The normalized spacial score (nSPS) is 24.0. The number of phenols is 1. The molecule has 2 atom stereocenters. The minimum absolute atomic E-state index is 0.0169.